The number of carboxylic acids is 1. The third-order valence-corrected chi connectivity index (χ3v) is 5.65. The molecule has 0 aromatic rings. The Morgan fingerprint density at radius 2 is 1.65 bits per heavy atom. The summed E-state index contributed by atoms with van der Waals surface area (Å²) in [7, 11) is 0. The van der Waals surface area contributed by atoms with Crippen LogP contribution in [-0.2, 0) is 4.79 Å². The van der Waals surface area contributed by atoms with E-state index in [4.69, 9.17) is 0 Å². The maximum atomic E-state index is 12.5. The van der Waals surface area contributed by atoms with Crippen molar-refractivity contribution in [2.75, 3.05) is 31.9 Å². The topological polar surface area (TPSA) is 60.9 Å². The van der Waals surface area contributed by atoms with Gasteiger partial charge in [-0.05, 0) is 33.6 Å². The number of amides is 2. The first kappa shape index (κ1) is 15.5. The second-order valence-corrected chi connectivity index (χ2v) is 8.47. The second kappa shape index (κ2) is 5.47. The lowest BCUT2D eigenvalue weighted by Gasteiger charge is -2.42. The fourth-order valence-corrected chi connectivity index (χ4v) is 3.90. The molecule has 2 amide bonds. The summed E-state index contributed by atoms with van der Waals surface area (Å²) < 4.78 is 0.110. The molecule has 0 spiro atoms. The molecule has 2 rings (SSSR count). The van der Waals surface area contributed by atoms with Crippen LogP contribution < -0.4 is 0 Å². The minimum atomic E-state index is -0.750. The van der Waals surface area contributed by atoms with Crippen LogP contribution in [0.25, 0.3) is 0 Å². The van der Waals surface area contributed by atoms with E-state index in [0.29, 0.717) is 25.9 Å². The number of hydrogen-bond acceptors (Lipinski definition) is 3. The quantitative estimate of drug-likeness (QED) is 0.806. The number of thioether (sulfide) groups is 1. The van der Waals surface area contributed by atoms with Crippen molar-refractivity contribution in [3.8, 4) is 0 Å². The Kier molecular flexibility index (Phi) is 4.23. The molecule has 2 heterocycles. The first-order valence-corrected chi connectivity index (χ1v) is 8.13. The van der Waals surface area contributed by atoms with Gasteiger partial charge in [0, 0.05) is 36.7 Å². The van der Waals surface area contributed by atoms with Gasteiger partial charge in [-0.1, -0.05) is 0 Å². The molecule has 5 nitrogen and oxygen atoms in total. The summed E-state index contributed by atoms with van der Waals surface area (Å²) >= 11 is 1.90. The predicted octanol–water partition coefficient (Wildman–Crippen LogP) is 2.12. The van der Waals surface area contributed by atoms with E-state index in [-0.39, 0.29) is 10.8 Å². The lowest BCUT2D eigenvalue weighted by atomic mass is 9.80. The van der Waals surface area contributed by atoms with E-state index in [1.165, 1.54) is 0 Å². The summed E-state index contributed by atoms with van der Waals surface area (Å²) in [5.41, 5.74) is -0.673. The van der Waals surface area contributed by atoms with Gasteiger partial charge in [-0.25, -0.2) is 4.79 Å². The number of nitrogens with zero attached hydrogens (tertiary/aromatic N) is 2. The van der Waals surface area contributed by atoms with Gasteiger partial charge in [0.2, 0.25) is 0 Å². The molecule has 2 fully saturated rings. The standard InChI is InChI=1S/C14H24N2O3S/c1-13(2)10-16(8-9-20-13)12(19)15-6-4-14(3,5-7-15)11(17)18/h4-10H2,1-3H3,(H,17,18). The SMILES string of the molecule is CC1(C)CN(C(=O)N2CCC(C)(C(=O)O)CC2)CCS1. The number of carbonyl (C=O) groups is 2. The number of rotatable bonds is 1. The van der Waals surface area contributed by atoms with Crippen LogP contribution in [0.5, 0.6) is 0 Å². The minimum absolute atomic E-state index is 0.0748. The Morgan fingerprint density at radius 3 is 2.15 bits per heavy atom. The molecule has 114 valence electrons. The normalized spacial score (nSPS) is 25.4. The molecule has 0 aromatic heterocycles. The third-order valence-electron chi connectivity index (χ3n) is 4.35. The van der Waals surface area contributed by atoms with Crippen LogP contribution in [0.4, 0.5) is 4.79 Å². The van der Waals surface area contributed by atoms with Crippen molar-refractivity contribution in [2.24, 2.45) is 5.41 Å². The van der Waals surface area contributed by atoms with Crippen LogP contribution in [0, 0.1) is 5.41 Å². The smallest absolute Gasteiger partial charge is 0.320 e. The number of hydrogen-bond donors (Lipinski definition) is 1. The summed E-state index contributed by atoms with van der Waals surface area (Å²) in [5, 5.41) is 9.22. The van der Waals surface area contributed by atoms with Crippen molar-refractivity contribution in [2.45, 2.75) is 38.4 Å². The number of carbonyl (C=O) groups excluding carboxylic acids is 1. The largest absolute Gasteiger partial charge is 0.481 e. The Bertz CT molecular complexity index is 403. The highest BCUT2D eigenvalue weighted by molar-refractivity contribution is 8.00. The van der Waals surface area contributed by atoms with E-state index in [9.17, 15) is 14.7 Å². The molecule has 6 heteroatoms. The lowest BCUT2D eigenvalue weighted by Crippen LogP contribution is -2.54. The number of carboxylic acid groups (broad SMARTS) is 1. The highest BCUT2D eigenvalue weighted by Crippen LogP contribution is 2.33. The zero-order chi connectivity index (χ0) is 15.0. The van der Waals surface area contributed by atoms with Crippen LogP contribution in [0.2, 0.25) is 0 Å². The molecule has 0 bridgehead atoms. The number of aliphatic carboxylic acids is 1. The Labute approximate surface area is 124 Å². The van der Waals surface area contributed by atoms with Gasteiger partial charge in [0.1, 0.15) is 0 Å². The van der Waals surface area contributed by atoms with E-state index in [2.05, 4.69) is 13.8 Å². The van der Waals surface area contributed by atoms with E-state index in [1.807, 2.05) is 21.6 Å². The van der Waals surface area contributed by atoms with Crippen LogP contribution in [0.1, 0.15) is 33.6 Å². The van der Waals surface area contributed by atoms with Gasteiger partial charge in [-0.3, -0.25) is 4.79 Å². The van der Waals surface area contributed by atoms with Crippen LogP contribution in [0.15, 0.2) is 0 Å². The molecular weight excluding hydrogens is 276 g/mol. The third kappa shape index (κ3) is 3.22. The molecule has 0 aliphatic carbocycles. The number of urea groups is 1. The van der Waals surface area contributed by atoms with Gasteiger partial charge < -0.3 is 14.9 Å². The highest BCUT2D eigenvalue weighted by Gasteiger charge is 2.40. The van der Waals surface area contributed by atoms with Crippen molar-refractivity contribution in [3.05, 3.63) is 0 Å². The molecule has 2 aliphatic heterocycles. The maximum Gasteiger partial charge on any atom is 0.320 e. The molecular formula is C14H24N2O3S. The first-order valence-electron chi connectivity index (χ1n) is 7.15. The molecule has 0 aromatic carbocycles. The molecule has 0 atom stereocenters. The zero-order valence-corrected chi connectivity index (χ0v) is 13.3. The molecule has 0 saturated carbocycles. The number of piperidine rings is 1. The Hall–Kier alpha value is -0.910. The monoisotopic (exact) mass is 300 g/mol. The Balaban J connectivity index is 1.93. The second-order valence-electron chi connectivity index (χ2n) is 6.67. The minimum Gasteiger partial charge on any atom is -0.481 e. The maximum absolute atomic E-state index is 12.5. The summed E-state index contributed by atoms with van der Waals surface area (Å²) in [4.78, 5) is 27.5. The van der Waals surface area contributed by atoms with Crippen molar-refractivity contribution >= 4 is 23.8 Å². The van der Waals surface area contributed by atoms with E-state index in [1.54, 1.807) is 6.92 Å². The summed E-state index contributed by atoms with van der Waals surface area (Å²) in [6, 6.07) is 0.0748. The Morgan fingerprint density at radius 1 is 1.05 bits per heavy atom. The molecule has 20 heavy (non-hydrogen) atoms. The number of likely N-dealkylation sites (tertiary alicyclic amines) is 1. The van der Waals surface area contributed by atoms with Crippen molar-refractivity contribution in [3.63, 3.8) is 0 Å². The molecule has 2 aliphatic rings. The van der Waals surface area contributed by atoms with Gasteiger partial charge in [-0.2, -0.15) is 11.8 Å². The van der Waals surface area contributed by atoms with Gasteiger partial charge in [0.05, 0.1) is 5.41 Å². The van der Waals surface area contributed by atoms with Crippen LogP contribution >= 0.6 is 11.8 Å². The van der Waals surface area contributed by atoms with Crippen molar-refractivity contribution in [1.29, 1.82) is 0 Å². The fraction of sp³-hybridized carbons (Fsp3) is 0.857. The van der Waals surface area contributed by atoms with Crippen molar-refractivity contribution < 1.29 is 14.7 Å². The van der Waals surface area contributed by atoms with Gasteiger partial charge in [-0.15, -0.1) is 0 Å². The lowest BCUT2D eigenvalue weighted by molar-refractivity contribution is -0.150. The molecule has 1 N–H and O–H groups in total. The van der Waals surface area contributed by atoms with Gasteiger partial charge in [0.15, 0.2) is 0 Å². The average Bonchev–Trinajstić information content (AvgIpc) is 2.37. The first-order chi connectivity index (χ1) is 9.23. The van der Waals surface area contributed by atoms with Crippen LogP contribution in [-0.4, -0.2) is 63.6 Å². The van der Waals surface area contributed by atoms with Crippen LogP contribution in [0.3, 0.4) is 0 Å². The fourth-order valence-electron chi connectivity index (χ4n) is 2.79. The summed E-state index contributed by atoms with van der Waals surface area (Å²) in [6.45, 7) is 8.75. The highest BCUT2D eigenvalue weighted by atomic mass is 32.2. The summed E-state index contributed by atoms with van der Waals surface area (Å²) in [6.07, 6.45) is 1.08. The van der Waals surface area contributed by atoms with Gasteiger partial charge >= 0.3 is 12.0 Å². The molecule has 0 radical (unpaired) electrons. The average molecular weight is 300 g/mol. The van der Waals surface area contributed by atoms with Gasteiger partial charge in [0.25, 0.3) is 0 Å². The van der Waals surface area contributed by atoms with Crippen molar-refractivity contribution in [1.82, 2.24) is 9.80 Å². The molecule has 0 unspecified atom stereocenters. The summed E-state index contributed by atoms with van der Waals surface area (Å²) in [5.74, 6) is 0.222. The predicted molar refractivity (Wildman–Crippen MR) is 80.1 cm³/mol. The molecule has 2 saturated heterocycles. The van der Waals surface area contributed by atoms with E-state index >= 15 is 0 Å². The van der Waals surface area contributed by atoms with E-state index in [0.717, 1.165) is 18.8 Å². The zero-order valence-electron chi connectivity index (χ0n) is 12.5. The van der Waals surface area contributed by atoms with E-state index < -0.39 is 11.4 Å².